The lowest BCUT2D eigenvalue weighted by Gasteiger charge is -2.32. The van der Waals surface area contributed by atoms with Crippen LogP contribution in [0.5, 0.6) is 5.88 Å². The van der Waals surface area contributed by atoms with E-state index in [1.54, 1.807) is 12.1 Å². The molecule has 1 aromatic heterocycles. The van der Waals surface area contributed by atoms with Crippen LogP contribution in [-0.2, 0) is 15.9 Å². The zero-order chi connectivity index (χ0) is 17.4. The second-order valence-electron chi connectivity index (χ2n) is 6.89. The second-order valence-corrected chi connectivity index (χ2v) is 6.89. The summed E-state index contributed by atoms with van der Waals surface area (Å²) < 4.78 is 31.6. The van der Waals surface area contributed by atoms with Crippen LogP contribution in [0.15, 0.2) is 42.5 Å². The molecule has 0 spiro atoms. The molecule has 0 atom stereocenters. The monoisotopic (exact) mass is 329 g/mol. The number of hydrogen-bond acceptors (Lipinski definition) is 4. The van der Waals surface area contributed by atoms with Crippen molar-refractivity contribution in [3.05, 3.63) is 54.0 Å². The normalized spacial score (nSPS) is 18.6. The van der Waals surface area contributed by atoms with Gasteiger partial charge in [-0.3, -0.25) is 0 Å². The van der Waals surface area contributed by atoms with Crippen LogP contribution in [0, 0.1) is 5.95 Å². The third-order valence-corrected chi connectivity index (χ3v) is 4.59. The number of hydrogen-bond donors (Lipinski definition) is 0. The van der Waals surface area contributed by atoms with Crippen molar-refractivity contribution < 1.29 is 18.4 Å². The van der Waals surface area contributed by atoms with Gasteiger partial charge in [0.05, 0.1) is 11.2 Å². The van der Waals surface area contributed by atoms with Crippen molar-refractivity contribution in [3.8, 4) is 5.88 Å². The van der Waals surface area contributed by atoms with E-state index in [1.165, 1.54) is 0 Å². The number of aromatic nitrogens is 1. The second kappa shape index (κ2) is 6.18. The Morgan fingerprint density at radius 3 is 2.21 bits per heavy atom. The first-order chi connectivity index (χ1) is 11.3. The van der Waals surface area contributed by atoms with E-state index in [9.17, 15) is 4.39 Å². The molecule has 1 aromatic carbocycles. The van der Waals surface area contributed by atoms with E-state index in [4.69, 9.17) is 14.0 Å². The highest BCUT2D eigenvalue weighted by molar-refractivity contribution is 6.62. The van der Waals surface area contributed by atoms with Gasteiger partial charge < -0.3 is 14.0 Å². The summed E-state index contributed by atoms with van der Waals surface area (Å²) in [5.41, 5.74) is 0.231. The molecular formula is C18H21BFNO3. The maximum absolute atomic E-state index is 14.4. The SMILES string of the molecule is CC1(C)OB(c2ccc(OCc3ccccc3)nc2F)OC1(C)C. The van der Waals surface area contributed by atoms with Crippen molar-refractivity contribution in [1.29, 1.82) is 0 Å². The van der Waals surface area contributed by atoms with E-state index in [2.05, 4.69) is 4.98 Å². The number of nitrogens with zero attached hydrogens (tertiary/aromatic N) is 1. The quantitative estimate of drug-likeness (QED) is 0.638. The largest absolute Gasteiger partial charge is 0.499 e. The van der Waals surface area contributed by atoms with Crippen LogP contribution in [0.1, 0.15) is 33.3 Å². The molecule has 2 heterocycles. The summed E-state index contributed by atoms with van der Waals surface area (Å²) in [6, 6.07) is 12.9. The standard InChI is InChI=1S/C18H21BFNO3/c1-17(2)18(3,4)24-19(23-17)14-10-11-15(21-16(14)20)22-12-13-8-6-5-7-9-13/h5-11H,12H2,1-4H3. The molecule has 0 unspecified atom stereocenters. The van der Waals surface area contributed by atoms with E-state index in [-0.39, 0.29) is 11.3 Å². The van der Waals surface area contributed by atoms with Crippen LogP contribution in [0.3, 0.4) is 0 Å². The fraction of sp³-hybridized carbons (Fsp3) is 0.389. The van der Waals surface area contributed by atoms with Crippen molar-refractivity contribution >= 4 is 12.6 Å². The van der Waals surface area contributed by atoms with E-state index in [0.29, 0.717) is 6.61 Å². The molecule has 0 saturated carbocycles. The molecule has 126 valence electrons. The molecule has 1 fully saturated rings. The minimum Gasteiger partial charge on any atom is -0.473 e. The Kier molecular flexibility index (Phi) is 4.36. The highest BCUT2D eigenvalue weighted by atomic mass is 19.1. The molecule has 3 rings (SSSR count). The first kappa shape index (κ1) is 16.9. The molecule has 0 amide bonds. The van der Waals surface area contributed by atoms with Crippen LogP contribution in [0.4, 0.5) is 4.39 Å². The molecule has 1 saturated heterocycles. The topological polar surface area (TPSA) is 40.6 Å². The summed E-state index contributed by atoms with van der Waals surface area (Å²) in [7, 11) is -0.773. The van der Waals surface area contributed by atoms with Gasteiger partial charge in [-0.2, -0.15) is 9.37 Å². The summed E-state index contributed by atoms with van der Waals surface area (Å²) in [5.74, 6) is -0.407. The number of benzene rings is 1. The molecule has 24 heavy (non-hydrogen) atoms. The molecule has 1 aliphatic heterocycles. The smallest absolute Gasteiger partial charge is 0.473 e. The summed E-state index contributed by atoms with van der Waals surface area (Å²) >= 11 is 0. The third kappa shape index (κ3) is 3.30. The first-order valence-electron chi connectivity index (χ1n) is 7.97. The fourth-order valence-electron chi connectivity index (χ4n) is 2.39. The molecule has 2 aromatic rings. The van der Waals surface area contributed by atoms with Crippen molar-refractivity contribution in [1.82, 2.24) is 4.98 Å². The van der Waals surface area contributed by atoms with Crippen LogP contribution >= 0.6 is 0 Å². The predicted octanol–water partition coefficient (Wildman–Crippen LogP) is 3.10. The molecular weight excluding hydrogens is 308 g/mol. The van der Waals surface area contributed by atoms with Gasteiger partial charge in [0.25, 0.3) is 0 Å². The zero-order valence-corrected chi connectivity index (χ0v) is 14.4. The molecule has 0 radical (unpaired) electrons. The minimum atomic E-state index is -0.773. The van der Waals surface area contributed by atoms with Crippen molar-refractivity contribution in [2.45, 2.75) is 45.5 Å². The third-order valence-electron chi connectivity index (χ3n) is 4.59. The first-order valence-corrected chi connectivity index (χ1v) is 7.97. The highest BCUT2D eigenvalue weighted by Gasteiger charge is 2.52. The van der Waals surface area contributed by atoms with Gasteiger partial charge in [-0.1, -0.05) is 36.4 Å². The van der Waals surface area contributed by atoms with Gasteiger partial charge in [0, 0.05) is 11.5 Å². The average molecular weight is 329 g/mol. The fourth-order valence-corrected chi connectivity index (χ4v) is 2.39. The van der Waals surface area contributed by atoms with Gasteiger partial charge in [-0.15, -0.1) is 0 Å². The lowest BCUT2D eigenvalue weighted by Crippen LogP contribution is -2.41. The Morgan fingerprint density at radius 1 is 1.00 bits per heavy atom. The van der Waals surface area contributed by atoms with E-state index in [0.717, 1.165) is 5.56 Å². The molecule has 0 bridgehead atoms. The van der Waals surface area contributed by atoms with Crippen molar-refractivity contribution in [3.63, 3.8) is 0 Å². The summed E-state index contributed by atoms with van der Waals surface area (Å²) in [4.78, 5) is 3.88. The molecule has 0 aliphatic carbocycles. The molecule has 4 nitrogen and oxygen atoms in total. The number of rotatable bonds is 4. The van der Waals surface area contributed by atoms with Gasteiger partial charge in [0.2, 0.25) is 11.8 Å². The van der Waals surface area contributed by atoms with Crippen molar-refractivity contribution in [2.24, 2.45) is 0 Å². The van der Waals surface area contributed by atoms with Gasteiger partial charge in [0.15, 0.2) is 0 Å². The highest BCUT2D eigenvalue weighted by Crippen LogP contribution is 2.36. The molecule has 1 aliphatic rings. The number of ether oxygens (including phenoxy) is 1. The summed E-state index contributed by atoms with van der Waals surface area (Å²) in [5, 5.41) is 0. The summed E-state index contributed by atoms with van der Waals surface area (Å²) in [6.07, 6.45) is 0. The lowest BCUT2D eigenvalue weighted by molar-refractivity contribution is 0.00578. The Balaban J connectivity index is 1.72. The Hall–Kier alpha value is -1.92. The number of halogens is 1. The Bertz CT molecular complexity index is 705. The van der Waals surface area contributed by atoms with E-state index in [1.807, 2.05) is 58.0 Å². The Morgan fingerprint density at radius 2 is 1.62 bits per heavy atom. The predicted molar refractivity (Wildman–Crippen MR) is 90.7 cm³/mol. The Labute approximate surface area is 142 Å². The van der Waals surface area contributed by atoms with Gasteiger partial charge in [-0.05, 0) is 33.3 Å². The van der Waals surface area contributed by atoms with Crippen LogP contribution in [-0.4, -0.2) is 23.3 Å². The van der Waals surface area contributed by atoms with Crippen LogP contribution < -0.4 is 10.2 Å². The molecule has 6 heteroatoms. The van der Waals surface area contributed by atoms with Gasteiger partial charge in [0.1, 0.15) is 6.61 Å². The van der Waals surface area contributed by atoms with Gasteiger partial charge >= 0.3 is 7.12 Å². The maximum Gasteiger partial charge on any atom is 0.499 e. The lowest BCUT2D eigenvalue weighted by atomic mass is 9.80. The van der Waals surface area contributed by atoms with Gasteiger partial charge in [-0.25, -0.2) is 0 Å². The molecule has 0 N–H and O–H groups in total. The van der Waals surface area contributed by atoms with E-state index >= 15 is 0 Å². The zero-order valence-electron chi connectivity index (χ0n) is 14.4. The van der Waals surface area contributed by atoms with Crippen molar-refractivity contribution in [2.75, 3.05) is 0 Å². The van der Waals surface area contributed by atoms with Crippen LogP contribution in [0.25, 0.3) is 0 Å². The maximum atomic E-state index is 14.4. The van der Waals surface area contributed by atoms with Crippen LogP contribution in [0.2, 0.25) is 0 Å². The number of pyridine rings is 1. The average Bonchev–Trinajstić information content (AvgIpc) is 2.74. The van der Waals surface area contributed by atoms with E-state index < -0.39 is 24.3 Å². The minimum absolute atomic E-state index is 0.233. The summed E-state index contributed by atoms with van der Waals surface area (Å²) in [6.45, 7) is 8.04.